The zero-order chi connectivity index (χ0) is 20.9. The van der Waals surface area contributed by atoms with E-state index < -0.39 is 0 Å². The average Bonchev–Trinajstić information content (AvgIpc) is 2.86. The maximum absolute atomic E-state index is 4.19. The van der Waals surface area contributed by atoms with Gasteiger partial charge in [-0.2, -0.15) is 4.57 Å². The Morgan fingerprint density at radius 1 is 0.484 bits per heavy atom. The van der Waals surface area contributed by atoms with Gasteiger partial charge in [0, 0.05) is 41.2 Å². The summed E-state index contributed by atoms with van der Waals surface area (Å²) >= 11 is 0. The van der Waals surface area contributed by atoms with Crippen molar-refractivity contribution in [3.8, 4) is 33.6 Å². The molecule has 0 spiro atoms. The molecule has 0 saturated carbocycles. The van der Waals surface area contributed by atoms with Crippen LogP contribution in [0.5, 0.6) is 0 Å². The van der Waals surface area contributed by atoms with Crippen LogP contribution in [-0.4, -0.2) is 4.98 Å². The van der Waals surface area contributed by atoms with E-state index >= 15 is 0 Å². The van der Waals surface area contributed by atoms with Crippen molar-refractivity contribution in [1.29, 1.82) is 0 Å². The Labute approximate surface area is 183 Å². The molecule has 0 aliphatic heterocycles. The highest BCUT2D eigenvalue weighted by Gasteiger charge is 2.23. The van der Waals surface area contributed by atoms with Crippen LogP contribution in [0.25, 0.3) is 33.6 Å². The second kappa shape index (κ2) is 8.76. The standard InChI is InChI=1S/C29H23N2/c1-4-10-24(11-5-1)27-20-28(25-12-6-2-7-13-25)31(22-23-16-18-30-19-17-23)29(21-27)26-14-8-3-9-15-26/h1-21H,22H2/q+1. The van der Waals surface area contributed by atoms with Crippen LogP contribution >= 0.6 is 0 Å². The van der Waals surface area contributed by atoms with Crippen molar-refractivity contribution >= 4 is 0 Å². The largest absolute Gasteiger partial charge is 0.265 e. The van der Waals surface area contributed by atoms with E-state index in [1.54, 1.807) is 0 Å². The first-order valence-electron chi connectivity index (χ1n) is 10.5. The van der Waals surface area contributed by atoms with Crippen LogP contribution in [0.1, 0.15) is 5.56 Å². The zero-order valence-electron chi connectivity index (χ0n) is 17.2. The lowest BCUT2D eigenvalue weighted by Crippen LogP contribution is -2.39. The molecule has 31 heavy (non-hydrogen) atoms. The molecule has 0 aliphatic carbocycles. The Morgan fingerprint density at radius 2 is 0.935 bits per heavy atom. The van der Waals surface area contributed by atoms with Gasteiger partial charge in [0.05, 0.1) is 0 Å². The van der Waals surface area contributed by atoms with Crippen molar-refractivity contribution in [2.75, 3.05) is 0 Å². The van der Waals surface area contributed by atoms with E-state index in [1.807, 2.05) is 12.4 Å². The molecule has 2 aromatic heterocycles. The summed E-state index contributed by atoms with van der Waals surface area (Å²) in [6, 6.07) is 40.6. The highest BCUT2D eigenvalue weighted by Crippen LogP contribution is 2.29. The molecule has 148 valence electrons. The SMILES string of the molecule is c1ccc(-c2cc(-c3ccccc3)[n+](Cc3ccncc3)c(-c3ccccc3)c2)cc1. The molecule has 0 radical (unpaired) electrons. The summed E-state index contributed by atoms with van der Waals surface area (Å²) in [7, 11) is 0. The fourth-order valence-electron chi connectivity index (χ4n) is 3.96. The minimum Gasteiger partial charge on any atom is -0.265 e. The van der Waals surface area contributed by atoms with Gasteiger partial charge in [-0.15, -0.1) is 0 Å². The third-order valence-corrected chi connectivity index (χ3v) is 5.50. The second-order valence-corrected chi connectivity index (χ2v) is 7.55. The molecular weight excluding hydrogens is 376 g/mol. The van der Waals surface area contributed by atoms with Crippen LogP contribution in [0, 0.1) is 0 Å². The van der Waals surface area contributed by atoms with E-state index in [0.29, 0.717) is 0 Å². The lowest BCUT2D eigenvalue weighted by molar-refractivity contribution is -0.666. The van der Waals surface area contributed by atoms with Gasteiger partial charge in [0.1, 0.15) is 0 Å². The third-order valence-electron chi connectivity index (χ3n) is 5.50. The van der Waals surface area contributed by atoms with Crippen LogP contribution < -0.4 is 4.57 Å². The zero-order valence-corrected chi connectivity index (χ0v) is 17.2. The van der Waals surface area contributed by atoms with Gasteiger partial charge in [0.2, 0.25) is 11.4 Å². The molecule has 0 atom stereocenters. The number of rotatable bonds is 5. The fraction of sp³-hybridized carbons (Fsp3) is 0.0345. The van der Waals surface area contributed by atoms with E-state index in [2.05, 4.69) is 125 Å². The summed E-state index contributed by atoms with van der Waals surface area (Å²) in [6.07, 6.45) is 3.72. The normalized spacial score (nSPS) is 10.7. The fourth-order valence-corrected chi connectivity index (χ4v) is 3.96. The maximum Gasteiger partial charge on any atom is 0.213 e. The van der Waals surface area contributed by atoms with Gasteiger partial charge >= 0.3 is 0 Å². The van der Waals surface area contributed by atoms with E-state index in [0.717, 1.165) is 6.54 Å². The summed E-state index contributed by atoms with van der Waals surface area (Å²) < 4.78 is 2.41. The summed E-state index contributed by atoms with van der Waals surface area (Å²) in [6.45, 7) is 0.770. The highest BCUT2D eigenvalue weighted by molar-refractivity contribution is 5.73. The Bertz CT molecular complexity index is 1210. The monoisotopic (exact) mass is 399 g/mol. The molecule has 0 unspecified atom stereocenters. The van der Waals surface area contributed by atoms with Crippen molar-refractivity contribution in [2.45, 2.75) is 6.54 Å². The second-order valence-electron chi connectivity index (χ2n) is 7.55. The lowest BCUT2D eigenvalue weighted by atomic mass is 9.98. The molecule has 5 aromatic rings. The molecule has 2 heterocycles. The molecule has 0 aliphatic rings. The van der Waals surface area contributed by atoms with Gasteiger partial charge in [0.15, 0.2) is 6.54 Å². The maximum atomic E-state index is 4.19. The van der Waals surface area contributed by atoms with Crippen LogP contribution in [0.15, 0.2) is 128 Å². The topological polar surface area (TPSA) is 16.8 Å². The Morgan fingerprint density at radius 3 is 1.42 bits per heavy atom. The summed E-state index contributed by atoms with van der Waals surface area (Å²) in [5, 5.41) is 0. The first-order chi connectivity index (χ1) is 15.4. The number of benzene rings is 3. The summed E-state index contributed by atoms with van der Waals surface area (Å²) in [5.41, 5.74) is 8.44. The molecule has 2 heteroatoms. The third kappa shape index (κ3) is 4.15. The Kier molecular flexibility index (Phi) is 5.36. The molecule has 5 rings (SSSR count). The first kappa shape index (κ1) is 19.0. The van der Waals surface area contributed by atoms with Crippen LogP contribution in [0.2, 0.25) is 0 Å². The van der Waals surface area contributed by atoms with Gasteiger partial charge in [-0.1, -0.05) is 66.7 Å². The quantitative estimate of drug-likeness (QED) is 0.312. The predicted molar refractivity (Wildman–Crippen MR) is 126 cm³/mol. The number of hydrogen-bond acceptors (Lipinski definition) is 1. The van der Waals surface area contributed by atoms with Crippen molar-refractivity contribution in [1.82, 2.24) is 4.98 Å². The van der Waals surface area contributed by atoms with Crippen molar-refractivity contribution in [2.24, 2.45) is 0 Å². The van der Waals surface area contributed by atoms with E-state index in [9.17, 15) is 0 Å². The molecule has 0 amide bonds. The van der Waals surface area contributed by atoms with Crippen LogP contribution in [0.3, 0.4) is 0 Å². The van der Waals surface area contributed by atoms with Gasteiger partial charge in [-0.05, 0) is 47.5 Å². The minimum atomic E-state index is 0.770. The summed E-state index contributed by atoms with van der Waals surface area (Å²) in [4.78, 5) is 4.19. The lowest BCUT2D eigenvalue weighted by Gasteiger charge is -2.13. The van der Waals surface area contributed by atoms with Crippen LogP contribution in [0.4, 0.5) is 0 Å². The van der Waals surface area contributed by atoms with Crippen molar-refractivity contribution in [3.63, 3.8) is 0 Å². The molecule has 2 nitrogen and oxygen atoms in total. The molecule has 0 fully saturated rings. The predicted octanol–water partition coefficient (Wildman–Crippen LogP) is 6.42. The van der Waals surface area contributed by atoms with Gasteiger partial charge in [-0.25, -0.2) is 0 Å². The Hall–Kier alpha value is -4.04. The van der Waals surface area contributed by atoms with Gasteiger partial charge in [0.25, 0.3) is 0 Å². The highest BCUT2D eigenvalue weighted by atomic mass is 15.0. The van der Waals surface area contributed by atoms with E-state index in [4.69, 9.17) is 0 Å². The van der Waals surface area contributed by atoms with Crippen molar-refractivity contribution in [3.05, 3.63) is 133 Å². The molecule has 0 bridgehead atoms. The molecule has 3 aromatic carbocycles. The first-order valence-corrected chi connectivity index (χ1v) is 10.5. The smallest absolute Gasteiger partial charge is 0.213 e. The van der Waals surface area contributed by atoms with E-state index in [-0.39, 0.29) is 0 Å². The van der Waals surface area contributed by atoms with Gasteiger partial charge < -0.3 is 0 Å². The van der Waals surface area contributed by atoms with Crippen LogP contribution in [-0.2, 0) is 6.54 Å². The number of pyridine rings is 2. The average molecular weight is 400 g/mol. The number of aromatic nitrogens is 2. The molecule has 0 N–H and O–H groups in total. The summed E-state index contributed by atoms with van der Waals surface area (Å²) in [5.74, 6) is 0. The number of nitrogens with zero attached hydrogens (tertiary/aromatic N) is 2. The molecular formula is C29H23N2+. The minimum absolute atomic E-state index is 0.770. The van der Waals surface area contributed by atoms with E-state index in [1.165, 1.54) is 39.2 Å². The Balaban J connectivity index is 1.79. The van der Waals surface area contributed by atoms with Gasteiger partial charge in [-0.3, -0.25) is 4.98 Å². The molecule has 0 saturated heterocycles. The van der Waals surface area contributed by atoms with Crippen molar-refractivity contribution < 1.29 is 4.57 Å². The number of hydrogen-bond donors (Lipinski definition) is 0.